The summed E-state index contributed by atoms with van der Waals surface area (Å²) < 4.78 is 2.12. The summed E-state index contributed by atoms with van der Waals surface area (Å²) in [6.07, 6.45) is 8.03. The topological polar surface area (TPSA) is 33.1 Å². The van der Waals surface area contributed by atoms with E-state index in [1.165, 1.54) is 44.7 Å². The van der Waals surface area contributed by atoms with E-state index in [-0.39, 0.29) is 0 Å². The molecule has 1 saturated heterocycles. The van der Waals surface area contributed by atoms with Crippen LogP contribution in [0.15, 0.2) is 12.4 Å². The fourth-order valence-electron chi connectivity index (χ4n) is 2.59. The molecule has 1 aromatic heterocycles. The molecule has 3 rings (SSSR count). The van der Waals surface area contributed by atoms with Crippen molar-refractivity contribution in [2.45, 2.75) is 31.8 Å². The fraction of sp³-hybridized carbons (Fsp3) is 0.769. The number of nitrogens with one attached hydrogen (secondary N) is 1. The van der Waals surface area contributed by atoms with Crippen LogP contribution in [0.25, 0.3) is 0 Å². The first-order valence-electron chi connectivity index (χ1n) is 6.73. The van der Waals surface area contributed by atoms with Crippen molar-refractivity contribution in [2.75, 3.05) is 19.6 Å². The van der Waals surface area contributed by atoms with Gasteiger partial charge in [0.2, 0.25) is 0 Å². The Morgan fingerprint density at radius 3 is 3.00 bits per heavy atom. The van der Waals surface area contributed by atoms with Gasteiger partial charge in [-0.1, -0.05) is 0 Å². The maximum absolute atomic E-state index is 4.39. The number of likely N-dealkylation sites (tertiary alicyclic amines) is 1. The molecule has 0 amide bonds. The van der Waals surface area contributed by atoms with Crippen LogP contribution < -0.4 is 5.32 Å². The van der Waals surface area contributed by atoms with E-state index in [4.69, 9.17) is 0 Å². The summed E-state index contributed by atoms with van der Waals surface area (Å²) in [5.74, 6) is 2.02. The highest BCUT2D eigenvalue weighted by Gasteiger charge is 2.26. The van der Waals surface area contributed by atoms with E-state index in [1.807, 2.05) is 12.4 Å². The SMILES string of the molecule is Cn1ccnc1CN1CCC(CNC2CC2)C1. The predicted molar refractivity (Wildman–Crippen MR) is 67.6 cm³/mol. The average molecular weight is 234 g/mol. The molecule has 94 valence electrons. The first-order chi connectivity index (χ1) is 8.31. The standard InChI is InChI=1S/C13H22N4/c1-16-7-5-14-13(16)10-17-6-4-11(9-17)8-15-12-2-3-12/h5,7,11-12,15H,2-4,6,8-10H2,1H3. The van der Waals surface area contributed by atoms with Gasteiger partial charge in [0.1, 0.15) is 5.82 Å². The lowest BCUT2D eigenvalue weighted by Gasteiger charge is -2.16. The molecular formula is C13H22N4. The van der Waals surface area contributed by atoms with E-state index >= 15 is 0 Å². The fourth-order valence-corrected chi connectivity index (χ4v) is 2.59. The highest BCUT2D eigenvalue weighted by molar-refractivity contribution is 4.93. The molecule has 0 aromatic carbocycles. The molecule has 1 aliphatic heterocycles. The molecule has 1 aliphatic carbocycles. The van der Waals surface area contributed by atoms with Gasteiger partial charge in [-0.25, -0.2) is 4.98 Å². The number of hydrogen-bond donors (Lipinski definition) is 1. The molecule has 4 nitrogen and oxygen atoms in total. The monoisotopic (exact) mass is 234 g/mol. The molecule has 2 fully saturated rings. The van der Waals surface area contributed by atoms with E-state index in [0.29, 0.717) is 0 Å². The van der Waals surface area contributed by atoms with Crippen molar-refractivity contribution in [1.82, 2.24) is 19.8 Å². The number of imidazole rings is 1. The Morgan fingerprint density at radius 2 is 2.29 bits per heavy atom. The predicted octanol–water partition coefficient (Wildman–Crippen LogP) is 0.994. The Bertz CT molecular complexity index is 369. The van der Waals surface area contributed by atoms with Crippen LogP contribution in [0, 0.1) is 5.92 Å². The van der Waals surface area contributed by atoms with Crippen molar-refractivity contribution in [1.29, 1.82) is 0 Å². The van der Waals surface area contributed by atoms with Crippen molar-refractivity contribution in [3.63, 3.8) is 0 Å². The average Bonchev–Trinajstić information content (AvgIpc) is 2.92. The third kappa shape index (κ3) is 2.87. The number of aromatic nitrogens is 2. The van der Waals surface area contributed by atoms with Gasteiger partial charge in [0, 0.05) is 32.0 Å². The number of rotatable bonds is 5. The molecule has 1 unspecified atom stereocenters. The molecule has 0 spiro atoms. The summed E-state index contributed by atoms with van der Waals surface area (Å²) in [5.41, 5.74) is 0. The molecule has 4 heteroatoms. The van der Waals surface area contributed by atoms with Crippen LogP contribution in [0.1, 0.15) is 25.1 Å². The van der Waals surface area contributed by atoms with Crippen molar-refractivity contribution < 1.29 is 0 Å². The minimum atomic E-state index is 0.843. The zero-order valence-electron chi connectivity index (χ0n) is 10.6. The molecule has 0 radical (unpaired) electrons. The van der Waals surface area contributed by atoms with Gasteiger partial charge in [-0.3, -0.25) is 4.90 Å². The van der Waals surface area contributed by atoms with Crippen LogP contribution >= 0.6 is 0 Å². The molecule has 1 aromatic rings. The second-order valence-corrected chi connectivity index (χ2v) is 5.53. The Kier molecular flexibility index (Phi) is 3.16. The molecule has 2 aliphatic rings. The summed E-state index contributed by atoms with van der Waals surface area (Å²) in [5, 5.41) is 3.64. The van der Waals surface area contributed by atoms with Crippen molar-refractivity contribution in [3.05, 3.63) is 18.2 Å². The summed E-state index contributed by atoms with van der Waals surface area (Å²) in [7, 11) is 2.07. The summed E-state index contributed by atoms with van der Waals surface area (Å²) in [6.45, 7) is 4.67. The minimum absolute atomic E-state index is 0.843. The zero-order chi connectivity index (χ0) is 11.7. The van der Waals surface area contributed by atoms with Crippen molar-refractivity contribution >= 4 is 0 Å². The van der Waals surface area contributed by atoms with Crippen LogP contribution in [0.2, 0.25) is 0 Å². The highest BCUT2D eigenvalue weighted by atomic mass is 15.2. The lowest BCUT2D eigenvalue weighted by Crippen LogP contribution is -2.28. The lowest BCUT2D eigenvalue weighted by molar-refractivity contribution is 0.303. The zero-order valence-corrected chi connectivity index (χ0v) is 10.6. The summed E-state index contributed by atoms with van der Waals surface area (Å²) in [6, 6.07) is 0.846. The Hall–Kier alpha value is -0.870. The second-order valence-electron chi connectivity index (χ2n) is 5.53. The molecule has 1 N–H and O–H groups in total. The highest BCUT2D eigenvalue weighted by Crippen LogP contribution is 2.21. The van der Waals surface area contributed by atoms with Gasteiger partial charge in [0.15, 0.2) is 0 Å². The van der Waals surface area contributed by atoms with Gasteiger partial charge in [-0.05, 0) is 38.3 Å². The number of hydrogen-bond acceptors (Lipinski definition) is 3. The van der Waals surface area contributed by atoms with E-state index in [9.17, 15) is 0 Å². The Labute approximate surface area is 103 Å². The normalized spacial score (nSPS) is 25.6. The Balaban J connectivity index is 1.45. The molecular weight excluding hydrogens is 212 g/mol. The van der Waals surface area contributed by atoms with Crippen molar-refractivity contribution in [2.24, 2.45) is 13.0 Å². The first-order valence-corrected chi connectivity index (χ1v) is 6.73. The molecule has 2 heterocycles. The Morgan fingerprint density at radius 1 is 1.41 bits per heavy atom. The molecule has 0 bridgehead atoms. The van der Waals surface area contributed by atoms with E-state index in [0.717, 1.165) is 18.5 Å². The second kappa shape index (κ2) is 4.78. The van der Waals surface area contributed by atoms with Gasteiger partial charge in [-0.2, -0.15) is 0 Å². The van der Waals surface area contributed by atoms with Crippen LogP contribution in [0.4, 0.5) is 0 Å². The van der Waals surface area contributed by atoms with Gasteiger partial charge >= 0.3 is 0 Å². The quantitative estimate of drug-likeness (QED) is 0.825. The molecule has 17 heavy (non-hydrogen) atoms. The third-order valence-electron chi connectivity index (χ3n) is 3.93. The van der Waals surface area contributed by atoms with Gasteiger partial charge in [0.05, 0.1) is 6.54 Å². The first kappa shape index (κ1) is 11.2. The van der Waals surface area contributed by atoms with Gasteiger partial charge < -0.3 is 9.88 Å². The minimum Gasteiger partial charge on any atom is -0.337 e. The maximum atomic E-state index is 4.39. The smallest absolute Gasteiger partial charge is 0.122 e. The van der Waals surface area contributed by atoms with Crippen molar-refractivity contribution in [3.8, 4) is 0 Å². The summed E-state index contributed by atoms with van der Waals surface area (Å²) >= 11 is 0. The third-order valence-corrected chi connectivity index (χ3v) is 3.93. The maximum Gasteiger partial charge on any atom is 0.122 e. The van der Waals surface area contributed by atoms with E-state index in [1.54, 1.807) is 0 Å². The molecule has 1 saturated carbocycles. The largest absolute Gasteiger partial charge is 0.337 e. The van der Waals surface area contributed by atoms with E-state index in [2.05, 4.69) is 26.8 Å². The van der Waals surface area contributed by atoms with Crippen LogP contribution in [0.5, 0.6) is 0 Å². The van der Waals surface area contributed by atoms with Crippen LogP contribution in [0.3, 0.4) is 0 Å². The van der Waals surface area contributed by atoms with Gasteiger partial charge in [-0.15, -0.1) is 0 Å². The van der Waals surface area contributed by atoms with Gasteiger partial charge in [0.25, 0.3) is 0 Å². The van der Waals surface area contributed by atoms with Crippen LogP contribution in [-0.4, -0.2) is 40.1 Å². The number of nitrogens with zero attached hydrogens (tertiary/aromatic N) is 3. The van der Waals surface area contributed by atoms with E-state index < -0.39 is 0 Å². The summed E-state index contributed by atoms with van der Waals surface area (Å²) in [4.78, 5) is 6.92. The number of aryl methyl sites for hydroxylation is 1. The van der Waals surface area contributed by atoms with Crippen LogP contribution in [-0.2, 0) is 13.6 Å². The molecule has 1 atom stereocenters. The lowest BCUT2D eigenvalue weighted by atomic mass is 10.1.